The van der Waals surface area contributed by atoms with Gasteiger partial charge in [0.15, 0.2) is 0 Å². The normalized spacial score (nSPS) is 39.3. The van der Waals surface area contributed by atoms with E-state index in [0.29, 0.717) is 16.2 Å². The third-order valence-corrected chi connectivity index (χ3v) is 12.8. The molecule has 0 heterocycles. The average molecular weight is 535 g/mol. The minimum Gasteiger partial charge on any atom is -0.0683 e. The standard InChI is InChI=1S/C14H24.C13H22.C10H14.C2H6/c1-13(2,3)14-7-10-4-11(8-14)6-12(5-10)9-14;1-12(2,3)13-7-9-4-10(8-13)6-11(13)5-9;1-10(2,3)9-7-5-4-6-8-9;1-2/h10-12H,4-9H2,1-3H3;9-11H,4-8H2,1-3H3;4-8H,1-3H3;1-2H3. The SMILES string of the molecule is CC.CC(C)(C)C12CC3CC(CC(C3)C1)C2.CC(C)(C)C12CC3CC(CC1C3)C2.CC(C)(C)c1ccccc1. The van der Waals surface area contributed by atoms with Crippen LogP contribution in [0.5, 0.6) is 0 Å². The zero-order chi connectivity index (χ0) is 28.9. The molecule has 0 amide bonds. The summed E-state index contributed by atoms with van der Waals surface area (Å²) in [6, 6.07) is 10.6. The first kappa shape index (κ1) is 31.2. The highest BCUT2D eigenvalue weighted by molar-refractivity contribution is 5.22. The predicted octanol–water partition coefficient (Wildman–Crippen LogP) is 12.1. The lowest BCUT2D eigenvalue weighted by atomic mass is 9.43. The largest absolute Gasteiger partial charge is 0.0683 e. The Balaban J connectivity index is 0.000000133. The van der Waals surface area contributed by atoms with Gasteiger partial charge in [-0.25, -0.2) is 0 Å². The van der Waals surface area contributed by atoms with Crippen LogP contribution in [0.25, 0.3) is 0 Å². The summed E-state index contributed by atoms with van der Waals surface area (Å²) >= 11 is 0. The molecule has 0 N–H and O–H groups in total. The summed E-state index contributed by atoms with van der Waals surface area (Å²) in [5.74, 6) is 6.69. The van der Waals surface area contributed by atoms with Gasteiger partial charge in [-0.2, -0.15) is 0 Å². The fourth-order valence-electron chi connectivity index (χ4n) is 11.0. The van der Waals surface area contributed by atoms with Crippen LogP contribution in [0.4, 0.5) is 0 Å². The molecule has 0 spiro atoms. The van der Waals surface area contributed by atoms with Crippen LogP contribution in [0.15, 0.2) is 30.3 Å². The van der Waals surface area contributed by atoms with E-state index in [2.05, 4.69) is 92.6 Å². The van der Waals surface area contributed by atoms with E-state index in [0.717, 1.165) is 46.3 Å². The molecular formula is C39H66. The molecular weight excluding hydrogens is 468 g/mol. The Labute approximate surface area is 244 Å². The van der Waals surface area contributed by atoms with Crippen molar-refractivity contribution in [1.29, 1.82) is 0 Å². The first-order valence-corrected chi connectivity index (χ1v) is 17.2. The number of hydrogen-bond donors (Lipinski definition) is 0. The van der Waals surface area contributed by atoms with Crippen LogP contribution in [0.1, 0.15) is 152 Å². The van der Waals surface area contributed by atoms with Gasteiger partial charge >= 0.3 is 0 Å². The zero-order valence-electron chi connectivity index (χ0n) is 28.1. The van der Waals surface area contributed by atoms with E-state index < -0.39 is 0 Å². The second kappa shape index (κ2) is 11.1. The van der Waals surface area contributed by atoms with Crippen molar-refractivity contribution < 1.29 is 0 Å². The van der Waals surface area contributed by atoms with Crippen LogP contribution in [0, 0.1) is 57.2 Å². The molecule has 0 aromatic heterocycles. The average Bonchev–Trinajstić information content (AvgIpc) is 3.25. The summed E-state index contributed by atoms with van der Waals surface area (Å²) in [4.78, 5) is 0. The summed E-state index contributed by atoms with van der Waals surface area (Å²) in [6.07, 6.45) is 17.3. The lowest BCUT2D eigenvalue weighted by Crippen LogP contribution is -2.51. The van der Waals surface area contributed by atoms with Gasteiger partial charge in [-0.05, 0) is 139 Å². The number of benzene rings is 1. The molecule has 0 saturated heterocycles. The topological polar surface area (TPSA) is 0 Å². The molecule has 8 saturated carbocycles. The van der Waals surface area contributed by atoms with E-state index >= 15 is 0 Å². The number of rotatable bonds is 0. The lowest BCUT2D eigenvalue weighted by molar-refractivity contribution is -0.113. The highest BCUT2D eigenvalue weighted by Gasteiger charge is 2.61. The highest BCUT2D eigenvalue weighted by atomic mass is 14.7. The Bertz CT molecular complexity index is 864. The third kappa shape index (κ3) is 6.21. The van der Waals surface area contributed by atoms with Crippen molar-refractivity contribution in [3.63, 3.8) is 0 Å². The van der Waals surface area contributed by atoms with Crippen molar-refractivity contribution in [3.8, 4) is 0 Å². The molecule has 8 aliphatic carbocycles. The molecule has 0 nitrogen and oxygen atoms in total. The van der Waals surface area contributed by atoms with Crippen molar-refractivity contribution >= 4 is 0 Å². The maximum atomic E-state index is 2.49. The molecule has 9 rings (SSSR count). The summed E-state index contributed by atoms with van der Waals surface area (Å²) in [6.45, 7) is 25.6. The van der Waals surface area contributed by atoms with Crippen LogP contribution in [0.3, 0.4) is 0 Å². The van der Waals surface area contributed by atoms with Gasteiger partial charge in [-0.3, -0.25) is 0 Å². The molecule has 2 atom stereocenters. The maximum Gasteiger partial charge on any atom is -0.0132 e. The van der Waals surface area contributed by atoms with Gasteiger partial charge < -0.3 is 0 Å². The monoisotopic (exact) mass is 535 g/mol. The van der Waals surface area contributed by atoms with Gasteiger partial charge in [0.25, 0.3) is 0 Å². The first-order chi connectivity index (χ1) is 18.1. The zero-order valence-corrected chi connectivity index (χ0v) is 28.1. The van der Waals surface area contributed by atoms with E-state index in [1.807, 2.05) is 13.8 Å². The Kier molecular flexibility index (Phi) is 8.90. The fourth-order valence-corrected chi connectivity index (χ4v) is 11.0. The number of hydrogen-bond acceptors (Lipinski definition) is 0. The Morgan fingerprint density at radius 3 is 1.18 bits per heavy atom. The Hall–Kier alpha value is -0.780. The second-order valence-electron chi connectivity index (χ2n) is 18.0. The molecule has 222 valence electrons. The van der Waals surface area contributed by atoms with Crippen LogP contribution in [-0.4, -0.2) is 0 Å². The smallest absolute Gasteiger partial charge is 0.0132 e. The summed E-state index contributed by atoms with van der Waals surface area (Å²) in [5.41, 5.74) is 4.32. The van der Waals surface area contributed by atoms with E-state index in [1.165, 1.54) is 5.56 Å². The quantitative estimate of drug-likeness (QED) is 0.310. The molecule has 0 heteroatoms. The summed E-state index contributed by atoms with van der Waals surface area (Å²) in [5, 5.41) is 0. The van der Waals surface area contributed by atoms with Crippen molar-refractivity contribution in [2.24, 2.45) is 57.2 Å². The van der Waals surface area contributed by atoms with Crippen molar-refractivity contribution in [3.05, 3.63) is 35.9 Å². The Morgan fingerprint density at radius 1 is 0.513 bits per heavy atom. The molecule has 39 heavy (non-hydrogen) atoms. The van der Waals surface area contributed by atoms with Crippen molar-refractivity contribution in [2.75, 3.05) is 0 Å². The third-order valence-electron chi connectivity index (χ3n) is 12.8. The van der Waals surface area contributed by atoms with Gasteiger partial charge in [-0.15, -0.1) is 0 Å². The lowest BCUT2D eigenvalue weighted by Gasteiger charge is -2.62. The van der Waals surface area contributed by atoms with E-state index in [4.69, 9.17) is 0 Å². The minimum absolute atomic E-state index is 0.293. The molecule has 0 radical (unpaired) electrons. The fraction of sp³-hybridized carbons (Fsp3) is 0.846. The first-order valence-electron chi connectivity index (χ1n) is 17.2. The molecule has 2 unspecified atom stereocenters. The van der Waals surface area contributed by atoms with Crippen LogP contribution in [0.2, 0.25) is 0 Å². The van der Waals surface area contributed by atoms with Crippen LogP contribution < -0.4 is 0 Å². The van der Waals surface area contributed by atoms with Gasteiger partial charge in [-0.1, -0.05) is 106 Å². The Morgan fingerprint density at radius 2 is 0.897 bits per heavy atom. The molecule has 0 aliphatic heterocycles. The van der Waals surface area contributed by atoms with Crippen molar-refractivity contribution in [2.45, 2.75) is 152 Å². The predicted molar refractivity (Wildman–Crippen MR) is 172 cm³/mol. The summed E-state index contributed by atoms with van der Waals surface area (Å²) < 4.78 is 0. The van der Waals surface area contributed by atoms with Crippen molar-refractivity contribution in [1.82, 2.24) is 0 Å². The van der Waals surface area contributed by atoms with Gasteiger partial charge in [0, 0.05) is 0 Å². The van der Waals surface area contributed by atoms with Gasteiger partial charge in [0.05, 0.1) is 0 Å². The molecule has 8 bridgehead atoms. The summed E-state index contributed by atoms with van der Waals surface area (Å²) in [7, 11) is 0. The molecule has 8 aliphatic rings. The van der Waals surface area contributed by atoms with E-state index in [9.17, 15) is 0 Å². The van der Waals surface area contributed by atoms with E-state index in [-0.39, 0.29) is 0 Å². The van der Waals surface area contributed by atoms with Gasteiger partial charge in [0.2, 0.25) is 0 Å². The minimum atomic E-state index is 0.293. The van der Waals surface area contributed by atoms with Gasteiger partial charge in [0.1, 0.15) is 0 Å². The van der Waals surface area contributed by atoms with Crippen LogP contribution in [-0.2, 0) is 5.41 Å². The maximum absolute atomic E-state index is 2.49. The highest BCUT2D eigenvalue weighted by Crippen LogP contribution is 2.71. The molecule has 1 aromatic carbocycles. The van der Waals surface area contributed by atoms with E-state index in [1.54, 1.807) is 70.6 Å². The molecule has 8 fully saturated rings. The second-order valence-corrected chi connectivity index (χ2v) is 18.0. The molecule has 1 aromatic rings. The van der Waals surface area contributed by atoms with Crippen LogP contribution >= 0.6 is 0 Å².